The van der Waals surface area contributed by atoms with Crippen molar-refractivity contribution in [1.29, 1.82) is 0 Å². The molecule has 16 heavy (non-hydrogen) atoms. The number of amides is 1. The van der Waals surface area contributed by atoms with Gasteiger partial charge in [0.25, 0.3) is 5.91 Å². The fourth-order valence-electron chi connectivity index (χ4n) is 1.50. The fourth-order valence-corrected chi connectivity index (χ4v) is 1.97. The second kappa shape index (κ2) is 4.53. The molecule has 0 radical (unpaired) electrons. The van der Waals surface area contributed by atoms with Crippen LogP contribution in [0.15, 0.2) is 28.7 Å². The number of carbonyl (C=O) groups excluding carboxylic acids is 1. The van der Waals surface area contributed by atoms with Gasteiger partial charge in [0, 0.05) is 4.47 Å². The van der Waals surface area contributed by atoms with Gasteiger partial charge in [0.1, 0.15) is 5.54 Å². The van der Waals surface area contributed by atoms with Crippen LogP contribution < -0.4 is 5.32 Å². The zero-order valence-corrected chi connectivity index (χ0v) is 10.2. The zero-order valence-electron chi connectivity index (χ0n) is 8.57. The minimum absolute atomic E-state index is 0.108. The smallest absolute Gasteiger partial charge is 0.253 e. The molecule has 0 aromatic heterocycles. The summed E-state index contributed by atoms with van der Waals surface area (Å²) < 4.78 is 5.75. The van der Waals surface area contributed by atoms with Crippen molar-refractivity contribution in [2.75, 3.05) is 19.8 Å². The second-order valence-electron chi connectivity index (χ2n) is 3.87. The molecule has 0 spiro atoms. The van der Waals surface area contributed by atoms with Crippen molar-refractivity contribution < 1.29 is 14.6 Å². The first-order valence-corrected chi connectivity index (χ1v) is 5.72. The van der Waals surface area contributed by atoms with E-state index in [-0.39, 0.29) is 12.5 Å². The van der Waals surface area contributed by atoms with Gasteiger partial charge in [-0.1, -0.05) is 12.1 Å². The van der Waals surface area contributed by atoms with Gasteiger partial charge in [0.2, 0.25) is 0 Å². The lowest BCUT2D eigenvalue weighted by atomic mass is 9.98. The Kier molecular flexibility index (Phi) is 3.28. The molecular weight excluding hydrogens is 274 g/mol. The van der Waals surface area contributed by atoms with Gasteiger partial charge in [-0.3, -0.25) is 4.79 Å². The van der Waals surface area contributed by atoms with E-state index in [9.17, 15) is 9.90 Å². The number of ether oxygens (including phenoxy) is 1. The van der Waals surface area contributed by atoms with Gasteiger partial charge >= 0.3 is 0 Å². The first kappa shape index (κ1) is 11.6. The van der Waals surface area contributed by atoms with Crippen LogP contribution in [0.5, 0.6) is 0 Å². The average Bonchev–Trinajstić information content (AvgIpc) is 2.24. The van der Waals surface area contributed by atoms with Crippen molar-refractivity contribution >= 4 is 21.8 Å². The highest BCUT2D eigenvalue weighted by Crippen LogP contribution is 2.20. The third-order valence-corrected chi connectivity index (χ3v) is 3.25. The first-order chi connectivity index (χ1) is 7.67. The Labute approximate surface area is 102 Å². The summed E-state index contributed by atoms with van der Waals surface area (Å²) in [5.41, 5.74) is -0.0472. The molecule has 0 aliphatic carbocycles. The lowest BCUT2D eigenvalue weighted by molar-refractivity contribution is -0.0919. The molecule has 5 heteroatoms. The number of benzene rings is 1. The highest BCUT2D eigenvalue weighted by Gasteiger charge is 2.39. The van der Waals surface area contributed by atoms with Gasteiger partial charge in [0.05, 0.1) is 25.4 Å². The van der Waals surface area contributed by atoms with E-state index in [0.717, 1.165) is 4.47 Å². The van der Waals surface area contributed by atoms with Crippen molar-refractivity contribution in [3.63, 3.8) is 0 Å². The molecule has 1 heterocycles. The SMILES string of the molecule is O=C(NC1(CO)COC1)c1ccccc1Br. The van der Waals surface area contributed by atoms with Gasteiger partial charge in [-0.2, -0.15) is 0 Å². The van der Waals surface area contributed by atoms with E-state index >= 15 is 0 Å². The quantitative estimate of drug-likeness (QED) is 0.869. The summed E-state index contributed by atoms with van der Waals surface area (Å²) in [6.07, 6.45) is 0. The number of aliphatic hydroxyl groups excluding tert-OH is 1. The number of carbonyl (C=O) groups is 1. The van der Waals surface area contributed by atoms with Crippen molar-refractivity contribution in [2.45, 2.75) is 5.54 Å². The summed E-state index contributed by atoms with van der Waals surface area (Å²) in [5.74, 6) is -0.204. The molecule has 1 saturated heterocycles. The maximum atomic E-state index is 11.9. The number of aliphatic hydroxyl groups is 1. The van der Waals surface area contributed by atoms with E-state index in [4.69, 9.17) is 4.74 Å². The molecular formula is C11H12BrNO3. The van der Waals surface area contributed by atoms with Crippen LogP contribution in [0.2, 0.25) is 0 Å². The standard InChI is InChI=1S/C11H12BrNO3/c12-9-4-2-1-3-8(9)10(15)13-11(5-14)6-16-7-11/h1-4,14H,5-7H2,(H,13,15). The number of hydrogen-bond donors (Lipinski definition) is 2. The van der Waals surface area contributed by atoms with Crippen LogP contribution in [0, 0.1) is 0 Å². The summed E-state index contributed by atoms with van der Waals surface area (Å²) >= 11 is 3.31. The molecule has 2 N–H and O–H groups in total. The van der Waals surface area contributed by atoms with E-state index in [1.165, 1.54) is 0 Å². The molecule has 2 rings (SSSR count). The minimum Gasteiger partial charge on any atom is -0.394 e. The van der Waals surface area contributed by atoms with E-state index in [1.54, 1.807) is 18.2 Å². The second-order valence-corrected chi connectivity index (χ2v) is 4.72. The Balaban J connectivity index is 2.11. The van der Waals surface area contributed by atoms with E-state index in [0.29, 0.717) is 18.8 Å². The van der Waals surface area contributed by atoms with Crippen LogP contribution in [0.1, 0.15) is 10.4 Å². The molecule has 86 valence electrons. The van der Waals surface area contributed by atoms with Crippen LogP contribution in [0.3, 0.4) is 0 Å². The van der Waals surface area contributed by atoms with Gasteiger partial charge in [-0.05, 0) is 28.1 Å². The largest absolute Gasteiger partial charge is 0.394 e. The Morgan fingerprint density at radius 3 is 2.69 bits per heavy atom. The van der Waals surface area contributed by atoms with Gasteiger partial charge in [-0.25, -0.2) is 0 Å². The van der Waals surface area contributed by atoms with E-state index in [1.807, 2.05) is 6.07 Å². The Morgan fingerprint density at radius 2 is 2.19 bits per heavy atom. The zero-order chi connectivity index (χ0) is 11.6. The normalized spacial score (nSPS) is 17.6. The van der Waals surface area contributed by atoms with Gasteiger partial charge in [0.15, 0.2) is 0 Å². The van der Waals surface area contributed by atoms with Crippen LogP contribution >= 0.6 is 15.9 Å². The summed E-state index contributed by atoms with van der Waals surface area (Å²) in [4.78, 5) is 11.9. The molecule has 0 saturated carbocycles. The Morgan fingerprint density at radius 1 is 1.50 bits per heavy atom. The van der Waals surface area contributed by atoms with Crippen molar-refractivity contribution in [2.24, 2.45) is 0 Å². The fraction of sp³-hybridized carbons (Fsp3) is 0.364. The minimum atomic E-state index is -0.605. The predicted octanol–water partition coefficient (Wildman–Crippen LogP) is 0.940. The third kappa shape index (κ3) is 2.11. The molecule has 0 unspecified atom stereocenters. The molecule has 1 aliphatic rings. The van der Waals surface area contributed by atoms with Crippen LogP contribution in [0.4, 0.5) is 0 Å². The van der Waals surface area contributed by atoms with Crippen LogP contribution in [-0.2, 0) is 4.74 Å². The maximum Gasteiger partial charge on any atom is 0.253 e. The molecule has 1 aromatic carbocycles. The molecule has 1 aromatic rings. The topological polar surface area (TPSA) is 58.6 Å². The molecule has 0 bridgehead atoms. The maximum absolute atomic E-state index is 11.9. The van der Waals surface area contributed by atoms with Crippen molar-refractivity contribution in [1.82, 2.24) is 5.32 Å². The summed E-state index contributed by atoms with van der Waals surface area (Å²) in [6.45, 7) is 0.614. The Hall–Kier alpha value is -0.910. The van der Waals surface area contributed by atoms with E-state index in [2.05, 4.69) is 21.2 Å². The number of rotatable bonds is 3. The Bertz CT molecular complexity index is 398. The third-order valence-electron chi connectivity index (χ3n) is 2.56. The van der Waals surface area contributed by atoms with Crippen LogP contribution in [0.25, 0.3) is 0 Å². The number of halogens is 1. The van der Waals surface area contributed by atoms with Crippen molar-refractivity contribution in [3.8, 4) is 0 Å². The van der Waals surface area contributed by atoms with Gasteiger partial charge < -0.3 is 15.2 Å². The summed E-state index contributed by atoms with van der Waals surface area (Å²) in [7, 11) is 0. The molecule has 0 atom stereocenters. The van der Waals surface area contributed by atoms with E-state index < -0.39 is 5.54 Å². The number of hydrogen-bond acceptors (Lipinski definition) is 3. The highest BCUT2D eigenvalue weighted by molar-refractivity contribution is 9.10. The molecule has 4 nitrogen and oxygen atoms in total. The van der Waals surface area contributed by atoms with Crippen molar-refractivity contribution in [3.05, 3.63) is 34.3 Å². The predicted molar refractivity (Wildman–Crippen MR) is 62.2 cm³/mol. The first-order valence-electron chi connectivity index (χ1n) is 4.92. The van der Waals surface area contributed by atoms with Crippen LogP contribution in [-0.4, -0.2) is 36.4 Å². The summed E-state index contributed by atoms with van der Waals surface area (Å²) in [6, 6.07) is 7.17. The number of nitrogens with one attached hydrogen (secondary N) is 1. The summed E-state index contributed by atoms with van der Waals surface area (Å²) in [5, 5.41) is 12.0. The lowest BCUT2D eigenvalue weighted by Gasteiger charge is -2.40. The highest BCUT2D eigenvalue weighted by atomic mass is 79.9. The lowest BCUT2D eigenvalue weighted by Crippen LogP contribution is -2.64. The molecule has 1 aliphatic heterocycles. The monoisotopic (exact) mass is 285 g/mol. The average molecular weight is 286 g/mol. The molecule has 1 amide bonds. The van der Waals surface area contributed by atoms with Gasteiger partial charge in [-0.15, -0.1) is 0 Å². The molecule has 1 fully saturated rings.